The first kappa shape index (κ1) is 12.2. The molecule has 2 rings (SSSR count). The van der Waals surface area contributed by atoms with E-state index in [2.05, 4.69) is 5.32 Å². The summed E-state index contributed by atoms with van der Waals surface area (Å²) >= 11 is 0. The van der Waals surface area contributed by atoms with Crippen LogP contribution in [0.4, 0.5) is 5.69 Å². The minimum absolute atomic E-state index is 0.0813. The van der Waals surface area contributed by atoms with E-state index in [1.807, 2.05) is 55.5 Å². The number of hydrogen-bond donors (Lipinski definition) is 1. The van der Waals surface area contributed by atoms with E-state index in [9.17, 15) is 4.79 Å². The van der Waals surface area contributed by atoms with Crippen molar-refractivity contribution in [2.24, 2.45) is 0 Å². The van der Waals surface area contributed by atoms with E-state index in [-0.39, 0.29) is 5.91 Å². The first-order valence-electron chi connectivity index (χ1n) is 5.76. The lowest BCUT2D eigenvalue weighted by atomic mass is 10.2. The number of benzene rings is 2. The lowest BCUT2D eigenvalue weighted by Crippen LogP contribution is -2.05. The molecule has 0 atom stereocenters. The molecule has 0 aromatic heterocycles. The molecule has 1 amide bonds. The second kappa shape index (κ2) is 5.36. The first-order chi connectivity index (χ1) is 8.63. The van der Waals surface area contributed by atoms with Gasteiger partial charge in [0.2, 0.25) is 5.91 Å². The summed E-state index contributed by atoms with van der Waals surface area (Å²) in [6.07, 6.45) is 0. The number of nitrogens with one attached hydrogen (secondary N) is 1. The van der Waals surface area contributed by atoms with Crippen molar-refractivity contribution in [2.45, 2.75) is 13.8 Å². The maximum absolute atomic E-state index is 10.9. The Hall–Kier alpha value is -2.29. The van der Waals surface area contributed by atoms with Crippen LogP contribution < -0.4 is 10.1 Å². The van der Waals surface area contributed by atoms with Gasteiger partial charge in [-0.2, -0.15) is 0 Å². The van der Waals surface area contributed by atoms with E-state index >= 15 is 0 Å². The molecule has 0 radical (unpaired) electrons. The zero-order valence-electron chi connectivity index (χ0n) is 10.4. The van der Waals surface area contributed by atoms with E-state index in [0.717, 1.165) is 17.2 Å². The van der Waals surface area contributed by atoms with Gasteiger partial charge >= 0.3 is 0 Å². The molecule has 0 bridgehead atoms. The van der Waals surface area contributed by atoms with Gasteiger partial charge < -0.3 is 10.1 Å². The number of hydrogen-bond acceptors (Lipinski definition) is 2. The van der Waals surface area contributed by atoms with Crippen molar-refractivity contribution < 1.29 is 9.53 Å². The molecule has 92 valence electrons. The molecule has 0 saturated carbocycles. The zero-order chi connectivity index (χ0) is 13.0. The van der Waals surface area contributed by atoms with E-state index in [1.54, 1.807) is 0 Å². The normalized spacial score (nSPS) is 9.89. The summed E-state index contributed by atoms with van der Waals surface area (Å²) in [4.78, 5) is 10.9. The van der Waals surface area contributed by atoms with Crippen LogP contribution in [0.15, 0.2) is 48.5 Å². The van der Waals surface area contributed by atoms with Crippen molar-refractivity contribution >= 4 is 11.6 Å². The van der Waals surface area contributed by atoms with Gasteiger partial charge in [-0.1, -0.05) is 17.7 Å². The van der Waals surface area contributed by atoms with Crippen molar-refractivity contribution in [1.82, 2.24) is 0 Å². The highest BCUT2D eigenvalue weighted by atomic mass is 16.5. The molecule has 0 aliphatic carbocycles. The van der Waals surface area contributed by atoms with Gasteiger partial charge in [-0.05, 0) is 43.3 Å². The number of ether oxygens (including phenoxy) is 1. The maximum atomic E-state index is 10.9. The Balaban J connectivity index is 2.06. The topological polar surface area (TPSA) is 38.3 Å². The zero-order valence-corrected chi connectivity index (χ0v) is 10.4. The second-order valence-electron chi connectivity index (χ2n) is 4.12. The summed E-state index contributed by atoms with van der Waals surface area (Å²) in [6.45, 7) is 3.52. The number of carbonyl (C=O) groups is 1. The lowest BCUT2D eigenvalue weighted by molar-refractivity contribution is -0.114. The third kappa shape index (κ3) is 3.35. The van der Waals surface area contributed by atoms with Crippen LogP contribution >= 0.6 is 0 Å². The highest BCUT2D eigenvalue weighted by Gasteiger charge is 1.98. The number of rotatable bonds is 3. The second-order valence-corrected chi connectivity index (χ2v) is 4.12. The molecule has 0 heterocycles. The average Bonchev–Trinajstić information content (AvgIpc) is 2.34. The van der Waals surface area contributed by atoms with Crippen LogP contribution in [0.2, 0.25) is 0 Å². The van der Waals surface area contributed by atoms with Crippen LogP contribution in [0.3, 0.4) is 0 Å². The van der Waals surface area contributed by atoms with Crippen molar-refractivity contribution in [3.8, 4) is 11.5 Å². The van der Waals surface area contributed by atoms with E-state index < -0.39 is 0 Å². The quantitative estimate of drug-likeness (QED) is 0.888. The number of carbonyl (C=O) groups excluding carboxylic acids is 1. The summed E-state index contributed by atoms with van der Waals surface area (Å²) in [5.74, 6) is 1.46. The highest BCUT2D eigenvalue weighted by molar-refractivity contribution is 5.88. The SMILES string of the molecule is CC(=O)Nc1ccc(Oc2ccc(C)cc2)cc1. The monoisotopic (exact) mass is 241 g/mol. The molecule has 2 aromatic rings. The fourth-order valence-electron chi connectivity index (χ4n) is 1.55. The van der Waals surface area contributed by atoms with Gasteiger partial charge in [0.25, 0.3) is 0 Å². The predicted octanol–water partition coefficient (Wildman–Crippen LogP) is 3.75. The number of aryl methyl sites for hydroxylation is 1. The van der Waals surface area contributed by atoms with Crippen molar-refractivity contribution in [3.63, 3.8) is 0 Å². The van der Waals surface area contributed by atoms with E-state index in [0.29, 0.717) is 0 Å². The van der Waals surface area contributed by atoms with Crippen LogP contribution in [0, 0.1) is 6.92 Å². The summed E-state index contributed by atoms with van der Waals surface area (Å²) in [5, 5.41) is 2.71. The van der Waals surface area contributed by atoms with Crippen LogP contribution in [0.25, 0.3) is 0 Å². The molecular weight excluding hydrogens is 226 g/mol. The Morgan fingerprint density at radius 3 is 1.94 bits per heavy atom. The molecule has 0 aliphatic rings. The van der Waals surface area contributed by atoms with Crippen molar-refractivity contribution in [2.75, 3.05) is 5.32 Å². The number of anilines is 1. The average molecular weight is 241 g/mol. The molecule has 1 N–H and O–H groups in total. The minimum Gasteiger partial charge on any atom is -0.457 e. The standard InChI is InChI=1S/C15H15NO2/c1-11-3-7-14(8-4-11)18-15-9-5-13(6-10-15)16-12(2)17/h3-10H,1-2H3,(H,16,17). The molecule has 0 unspecified atom stereocenters. The molecule has 0 spiro atoms. The Bertz CT molecular complexity index is 529. The molecule has 18 heavy (non-hydrogen) atoms. The molecular formula is C15H15NO2. The van der Waals surface area contributed by atoms with Gasteiger partial charge in [-0.25, -0.2) is 0 Å². The van der Waals surface area contributed by atoms with Gasteiger partial charge in [-0.3, -0.25) is 4.79 Å². The summed E-state index contributed by atoms with van der Waals surface area (Å²) in [6, 6.07) is 15.1. The fourth-order valence-corrected chi connectivity index (χ4v) is 1.55. The Labute approximate surface area is 106 Å². The predicted molar refractivity (Wildman–Crippen MR) is 72.0 cm³/mol. The smallest absolute Gasteiger partial charge is 0.221 e. The third-order valence-corrected chi connectivity index (χ3v) is 2.43. The van der Waals surface area contributed by atoms with E-state index in [1.165, 1.54) is 12.5 Å². The highest BCUT2D eigenvalue weighted by Crippen LogP contribution is 2.23. The molecule has 0 saturated heterocycles. The van der Waals surface area contributed by atoms with Gasteiger partial charge in [0, 0.05) is 12.6 Å². The fraction of sp³-hybridized carbons (Fsp3) is 0.133. The van der Waals surface area contributed by atoms with Crippen molar-refractivity contribution in [3.05, 3.63) is 54.1 Å². The van der Waals surface area contributed by atoms with Gasteiger partial charge in [0.15, 0.2) is 0 Å². The summed E-state index contributed by atoms with van der Waals surface area (Å²) in [7, 11) is 0. The molecule has 0 aliphatic heterocycles. The largest absolute Gasteiger partial charge is 0.457 e. The summed E-state index contributed by atoms with van der Waals surface area (Å²) in [5.41, 5.74) is 1.96. The van der Waals surface area contributed by atoms with Gasteiger partial charge in [0.05, 0.1) is 0 Å². The minimum atomic E-state index is -0.0813. The van der Waals surface area contributed by atoms with Crippen molar-refractivity contribution in [1.29, 1.82) is 0 Å². The Morgan fingerprint density at radius 1 is 0.944 bits per heavy atom. The Kier molecular flexibility index (Phi) is 3.63. The van der Waals surface area contributed by atoms with Crippen LogP contribution in [-0.4, -0.2) is 5.91 Å². The lowest BCUT2D eigenvalue weighted by Gasteiger charge is -2.07. The number of amides is 1. The Morgan fingerprint density at radius 2 is 1.44 bits per heavy atom. The van der Waals surface area contributed by atoms with E-state index in [4.69, 9.17) is 4.74 Å². The molecule has 3 heteroatoms. The molecule has 2 aromatic carbocycles. The summed E-state index contributed by atoms with van der Waals surface area (Å²) < 4.78 is 5.68. The van der Waals surface area contributed by atoms with Crippen LogP contribution in [0.5, 0.6) is 11.5 Å². The first-order valence-corrected chi connectivity index (χ1v) is 5.76. The third-order valence-electron chi connectivity index (χ3n) is 2.43. The van der Waals surface area contributed by atoms with Gasteiger partial charge in [-0.15, -0.1) is 0 Å². The van der Waals surface area contributed by atoms with Crippen LogP contribution in [0.1, 0.15) is 12.5 Å². The van der Waals surface area contributed by atoms with Crippen LogP contribution in [-0.2, 0) is 4.79 Å². The molecule has 0 fully saturated rings. The van der Waals surface area contributed by atoms with Gasteiger partial charge in [0.1, 0.15) is 11.5 Å². The maximum Gasteiger partial charge on any atom is 0.221 e. The molecule has 3 nitrogen and oxygen atoms in total.